The maximum atomic E-state index is 13.5. The van der Waals surface area contributed by atoms with Gasteiger partial charge in [0.1, 0.15) is 10.9 Å². The van der Waals surface area contributed by atoms with Gasteiger partial charge in [0.05, 0.1) is 5.69 Å². The van der Waals surface area contributed by atoms with Crippen LogP contribution in [0.2, 0.25) is 0 Å². The number of rotatable bonds is 11. The topological polar surface area (TPSA) is 163 Å². The molecule has 10 nitrogen and oxygen atoms in total. The normalized spacial score (nSPS) is 21.0. The van der Waals surface area contributed by atoms with E-state index in [4.69, 9.17) is 16.6 Å². The standard InChI is InChI=1S/C24H40N6O4S/c1-17-14-19-8-2-10-21(22(19)28-15-17)35(33,34)29-20(9-3-11-27-24(25)26)23(32)30-12-4-6-18(16-30)7-5-13-31/h2,8,10,17-18,20,28-29,31H,3-7,9,11-16H2,1H3,(H4,25,26,27)/t17?,18?,20-/m0/s1. The van der Waals surface area contributed by atoms with Crippen molar-refractivity contribution < 1.29 is 18.3 Å². The molecule has 35 heavy (non-hydrogen) atoms. The molecular formula is C24H40N6O4S. The van der Waals surface area contributed by atoms with Gasteiger partial charge in [-0.25, -0.2) is 8.42 Å². The summed E-state index contributed by atoms with van der Waals surface area (Å²) in [6.07, 6.45) is 4.96. The van der Waals surface area contributed by atoms with Crippen LogP contribution in [0.25, 0.3) is 0 Å². The van der Waals surface area contributed by atoms with E-state index in [-0.39, 0.29) is 29.8 Å². The molecule has 0 saturated carbocycles. The lowest BCUT2D eigenvalue weighted by Crippen LogP contribution is -2.51. The number of nitrogens with one attached hydrogen (secondary N) is 2. The van der Waals surface area contributed by atoms with E-state index >= 15 is 0 Å². The number of anilines is 1. The molecule has 196 valence electrons. The van der Waals surface area contributed by atoms with Gasteiger partial charge >= 0.3 is 0 Å². The highest BCUT2D eigenvalue weighted by atomic mass is 32.2. The first-order chi connectivity index (χ1) is 16.7. The van der Waals surface area contributed by atoms with E-state index in [0.717, 1.165) is 31.2 Å². The number of carbonyl (C=O) groups is 1. The lowest BCUT2D eigenvalue weighted by molar-refractivity contribution is -0.135. The molecule has 0 bridgehead atoms. The van der Waals surface area contributed by atoms with Crippen molar-refractivity contribution in [2.45, 2.75) is 62.8 Å². The third-order valence-corrected chi connectivity index (χ3v) is 8.25. The number of hydrogen-bond acceptors (Lipinski definition) is 6. The number of piperidine rings is 1. The summed E-state index contributed by atoms with van der Waals surface area (Å²) in [4.78, 5) is 19.4. The van der Waals surface area contributed by atoms with Crippen LogP contribution in [-0.2, 0) is 21.2 Å². The summed E-state index contributed by atoms with van der Waals surface area (Å²) >= 11 is 0. The Morgan fingerprint density at radius 1 is 1.34 bits per heavy atom. The molecule has 3 atom stereocenters. The molecule has 0 aromatic heterocycles. The zero-order chi connectivity index (χ0) is 25.4. The Bertz CT molecular complexity index is 996. The molecule has 1 aromatic carbocycles. The van der Waals surface area contributed by atoms with Gasteiger partial charge in [0.2, 0.25) is 15.9 Å². The Morgan fingerprint density at radius 2 is 2.14 bits per heavy atom. The predicted molar refractivity (Wildman–Crippen MR) is 137 cm³/mol. The van der Waals surface area contributed by atoms with E-state index in [1.807, 2.05) is 6.07 Å². The third kappa shape index (κ3) is 7.55. The number of para-hydroxylation sites is 1. The molecule has 1 fully saturated rings. The smallest absolute Gasteiger partial charge is 0.243 e. The second kappa shape index (κ2) is 12.5. The lowest BCUT2D eigenvalue weighted by Gasteiger charge is -2.35. The molecule has 2 heterocycles. The molecule has 11 heteroatoms. The number of likely N-dealkylation sites (tertiary alicyclic amines) is 1. The number of guanidine groups is 1. The summed E-state index contributed by atoms with van der Waals surface area (Å²) in [6, 6.07) is 4.36. The van der Waals surface area contributed by atoms with Crippen LogP contribution >= 0.6 is 0 Å². The van der Waals surface area contributed by atoms with Gasteiger partial charge in [-0.05, 0) is 68.4 Å². The predicted octanol–water partition coefficient (Wildman–Crippen LogP) is 1.00. The molecule has 7 N–H and O–H groups in total. The minimum absolute atomic E-state index is 0.0348. The summed E-state index contributed by atoms with van der Waals surface area (Å²) in [7, 11) is -3.96. The van der Waals surface area contributed by atoms with E-state index in [2.05, 4.69) is 22.0 Å². The monoisotopic (exact) mass is 508 g/mol. The number of nitrogens with two attached hydrogens (primary N) is 2. The fourth-order valence-electron chi connectivity index (χ4n) is 4.98. The van der Waals surface area contributed by atoms with Crippen molar-refractivity contribution in [2.24, 2.45) is 28.3 Å². The quantitative estimate of drug-likeness (QED) is 0.169. The van der Waals surface area contributed by atoms with E-state index in [9.17, 15) is 13.2 Å². The Kier molecular flexibility index (Phi) is 9.76. The number of aliphatic imine (C=N–C) groups is 1. The highest BCUT2D eigenvalue weighted by Gasteiger charge is 2.33. The Morgan fingerprint density at radius 3 is 2.89 bits per heavy atom. The summed E-state index contributed by atoms with van der Waals surface area (Å²) in [5.74, 6) is 0.466. The van der Waals surface area contributed by atoms with E-state index in [1.165, 1.54) is 0 Å². The molecule has 1 amide bonds. The van der Waals surface area contributed by atoms with Crippen molar-refractivity contribution in [3.05, 3.63) is 23.8 Å². The fourth-order valence-corrected chi connectivity index (χ4v) is 6.43. The fraction of sp³-hybridized carbons (Fsp3) is 0.667. The number of aliphatic hydroxyl groups is 1. The summed E-state index contributed by atoms with van der Waals surface area (Å²) in [5.41, 5.74) is 12.4. The molecule has 0 spiro atoms. The molecule has 1 aromatic rings. The van der Waals surface area contributed by atoms with Gasteiger partial charge < -0.3 is 26.8 Å². The molecule has 0 radical (unpaired) electrons. The van der Waals surface area contributed by atoms with Gasteiger partial charge in [0.15, 0.2) is 5.96 Å². The zero-order valence-electron chi connectivity index (χ0n) is 20.6. The van der Waals surface area contributed by atoms with Crippen LogP contribution in [0.4, 0.5) is 5.69 Å². The minimum Gasteiger partial charge on any atom is -0.396 e. The van der Waals surface area contributed by atoms with Crippen molar-refractivity contribution in [2.75, 3.05) is 38.1 Å². The molecule has 0 aliphatic carbocycles. The molecule has 3 rings (SSSR count). The van der Waals surface area contributed by atoms with Crippen molar-refractivity contribution in [1.82, 2.24) is 9.62 Å². The highest BCUT2D eigenvalue weighted by Crippen LogP contribution is 2.31. The van der Waals surface area contributed by atoms with Crippen LogP contribution in [0.1, 0.15) is 51.0 Å². The van der Waals surface area contributed by atoms with Crippen molar-refractivity contribution in [3.63, 3.8) is 0 Å². The maximum absolute atomic E-state index is 13.5. The molecule has 1 saturated heterocycles. The number of benzene rings is 1. The van der Waals surface area contributed by atoms with Gasteiger partial charge in [0, 0.05) is 32.8 Å². The largest absolute Gasteiger partial charge is 0.396 e. The maximum Gasteiger partial charge on any atom is 0.243 e. The lowest BCUT2D eigenvalue weighted by atomic mass is 9.93. The zero-order valence-corrected chi connectivity index (χ0v) is 21.4. The van der Waals surface area contributed by atoms with Crippen LogP contribution < -0.4 is 21.5 Å². The second-order valence-electron chi connectivity index (χ2n) is 9.76. The van der Waals surface area contributed by atoms with E-state index < -0.39 is 16.1 Å². The average Bonchev–Trinajstić information content (AvgIpc) is 2.83. The second-order valence-corrected chi connectivity index (χ2v) is 11.4. The molecule has 2 aliphatic rings. The number of nitrogens with zero attached hydrogens (tertiary/aromatic N) is 2. The summed E-state index contributed by atoms with van der Waals surface area (Å²) < 4.78 is 29.7. The molecule has 2 unspecified atom stereocenters. The van der Waals surface area contributed by atoms with Gasteiger partial charge in [0.25, 0.3) is 0 Å². The van der Waals surface area contributed by atoms with Crippen molar-refractivity contribution >= 4 is 27.6 Å². The number of hydrogen-bond donors (Lipinski definition) is 5. The van der Waals surface area contributed by atoms with Crippen LogP contribution in [0, 0.1) is 11.8 Å². The number of sulfonamides is 1. The van der Waals surface area contributed by atoms with Gasteiger partial charge in [-0.15, -0.1) is 0 Å². The van der Waals surface area contributed by atoms with Crippen LogP contribution in [-0.4, -0.2) is 69.1 Å². The third-order valence-electron chi connectivity index (χ3n) is 6.74. The van der Waals surface area contributed by atoms with E-state index in [0.29, 0.717) is 56.5 Å². The molecular weight excluding hydrogens is 468 g/mol. The van der Waals surface area contributed by atoms with Gasteiger partial charge in [-0.3, -0.25) is 9.79 Å². The Balaban J connectivity index is 1.79. The Labute approximate surface area is 208 Å². The van der Waals surface area contributed by atoms with E-state index in [1.54, 1.807) is 17.0 Å². The highest BCUT2D eigenvalue weighted by molar-refractivity contribution is 7.89. The van der Waals surface area contributed by atoms with Gasteiger partial charge in [-0.1, -0.05) is 19.1 Å². The van der Waals surface area contributed by atoms with Crippen LogP contribution in [0.15, 0.2) is 28.1 Å². The minimum atomic E-state index is -3.96. The van der Waals surface area contributed by atoms with Gasteiger partial charge in [-0.2, -0.15) is 4.72 Å². The number of fused-ring (bicyclic) bond motifs is 1. The first-order valence-corrected chi connectivity index (χ1v) is 14.0. The number of aliphatic hydroxyl groups excluding tert-OH is 1. The first-order valence-electron chi connectivity index (χ1n) is 12.5. The van der Waals surface area contributed by atoms with Crippen LogP contribution in [0.3, 0.4) is 0 Å². The number of carbonyl (C=O) groups excluding carboxylic acids is 1. The van der Waals surface area contributed by atoms with Crippen molar-refractivity contribution in [3.8, 4) is 0 Å². The average molecular weight is 509 g/mol. The summed E-state index contributed by atoms with van der Waals surface area (Å²) in [6.45, 7) is 4.43. The molecule has 2 aliphatic heterocycles. The summed E-state index contributed by atoms with van der Waals surface area (Å²) in [5, 5.41) is 12.4. The van der Waals surface area contributed by atoms with Crippen molar-refractivity contribution in [1.29, 1.82) is 0 Å². The Hall–Kier alpha value is -2.37. The first kappa shape index (κ1) is 27.2. The SMILES string of the molecule is CC1CNc2c(cccc2S(=O)(=O)N[C@@H](CCCN=C(N)N)C(=O)N2CCCC(CCCO)C2)C1. The number of amides is 1. The van der Waals surface area contributed by atoms with Crippen LogP contribution in [0.5, 0.6) is 0 Å².